The smallest absolute Gasteiger partial charge is 0.165 e. The molecule has 0 fully saturated rings. The molecule has 0 saturated heterocycles. The standard InChI is InChI=1S/C15H21FO3/c1-4-7-8-13(17)11-9-14(18-5-2)15(19-6-3)10-12(11)16/h9-10H,4-8H2,1-3H3. The molecule has 0 aromatic heterocycles. The fourth-order valence-corrected chi connectivity index (χ4v) is 1.76. The first kappa shape index (κ1) is 15.5. The molecule has 0 atom stereocenters. The molecule has 1 aromatic rings. The van der Waals surface area contributed by atoms with Gasteiger partial charge in [0.05, 0.1) is 18.8 Å². The van der Waals surface area contributed by atoms with Gasteiger partial charge in [-0.05, 0) is 26.3 Å². The van der Waals surface area contributed by atoms with Crippen LogP contribution in [0.2, 0.25) is 0 Å². The van der Waals surface area contributed by atoms with Crippen LogP contribution in [0.15, 0.2) is 12.1 Å². The number of carbonyl (C=O) groups is 1. The van der Waals surface area contributed by atoms with Gasteiger partial charge in [-0.15, -0.1) is 0 Å². The number of ether oxygens (including phenoxy) is 2. The number of benzene rings is 1. The summed E-state index contributed by atoms with van der Waals surface area (Å²) in [6.45, 7) is 6.50. The van der Waals surface area contributed by atoms with Crippen LogP contribution >= 0.6 is 0 Å². The average molecular weight is 268 g/mol. The molecule has 0 aliphatic heterocycles. The first-order valence-corrected chi connectivity index (χ1v) is 6.76. The van der Waals surface area contributed by atoms with Gasteiger partial charge in [0, 0.05) is 12.5 Å². The predicted octanol–water partition coefficient (Wildman–Crippen LogP) is 4.00. The highest BCUT2D eigenvalue weighted by molar-refractivity contribution is 5.97. The Hall–Kier alpha value is -1.58. The molecule has 0 heterocycles. The van der Waals surface area contributed by atoms with Crippen molar-refractivity contribution < 1.29 is 18.7 Å². The Morgan fingerprint density at radius 2 is 1.68 bits per heavy atom. The largest absolute Gasteiger partial charge is 0.490 e. The normalized spacial score (nSPS) is 10.3. The molecule has 3 nitrogen and oxygen atoms in total. The van der Waals surface area contributed by atoms with Crippen LogP contribution in [-0.4, -0.2) is 19.0 Å². The molecule has 1 rings (SSSR count). The maximum Gasteiger partial charge on any atom is 0.165 e. The zero-order valence-corrected chi connectivity index (χ0v) is 11.8. The van der Waals surface area contributed by atoms with Crippen molar-refractivity contribution in [3.8, 4) is 11.5 Å². The van der Waals surface area contributed by atoms with E-state index in [0.29, 0.717) is 31.1 Å². The monoisotopic (exact) mass is 268 g/mol. The summed E-state index contributed by atoms with van der Waals surface area (Å²) in [6, 6.07) is 2.68. The number of rotatable bonds is 8. The molecular weight excluding hydrogens is 247 g/mol. The first-order valence-electron chi connectivity index (χ1n) is 6.76. The van der Waals surface area contributed by atoms with E-state index in [1.807, 2.05) is 20.8 Å². The third-order valence-electron chi connectivity index (χ3n) is 2.69. The topological polar surface area (TPSA) is 35.5 Å². The third-order valence-corrected chi connectivity index (χ3v) is 2.69. The second kappa shape index (κ2) is 7.77. The molecule has 0 amide bonds. The SMILES string of the molecule is CCCCC(=O)c1cc(OCC)c(OCC)cc1F. The van der Waals surface area contributed by atoms with Crippen LogP contribution in [0.1, 0.15) is 50.4 Å². The van der Waals surface area contributed by atoms with Gasteiger partial charge >= 0.3 is 0 Å². The molecule has 4 heteroatoms. The van der Waals surface area contributed by atoms with Crippen molar-refractivity contribution in [1.29, 1.82) is 0 Å². The molecule has 0 aliphatic carbocycles. The van der Waals surface area contributed by atoms with E-state index in [1.54, 1.807) is 0 Å². The summed E-state index contributed by atoms with van der Waals surface area (Å²) >= 11 is 0. The number of carbonyl (C=O) groups excluding carboxylic acids is 1. The molecule has 0 radical (unpaired) electrons. The van der Waals surface area contributed by atoms with E-state index in [0.717, 1.165) is 12.8 Å². The lowest BCUT2D eigenvalue weighted by Crippen LogP contribution is -2.06. The number of hydrogen-bond acceptors (Lipinski definition) is 3. The van der Waals surface area contributed by atoms with Crippen LogP contribution in [0.25, 0.3) is 0 Å². The molecule has 0 aliphatic rings. The number of ketones is 1. The average Bonchev–Trinajstić information content (AvgIpc) is 2.39. The van der Waals surface area contributed by atoms with Gasteiger partial charge in [0.25, 0.3) is 0 Å². The minimum atomic E-state index is -0.548. The number of halogens is 1. The Kier molecular flexibility index (Phi) is 6.33. The van der Waals surface area contributed by atoms with Crippen LogP contribution < -0.4 is 9.47 Å². The Bertz CT molecular complexity index is 430. The summed E-state index contributed by atoms with van der Waals surface area (Å²) in [7, 11) is 0. The van der Waals surface area contributed by atoms with Crippen LogP contribution in [0.5, 0.6) is 11.5 Å². The fourth-order valence-electron chi connectivity index (χ4n) is 1.76. The summed E-state index contributed by atoms with van der Waals surface area (Å²) in [4.78, 5) is 11.9. The second-order valence-corrected chi connectivity index (χ2v) is 4.17. The fraction of sp³-hybridized carbons (Fsp3) is 0.533. The van der Waals surface area contributed by atoms with Gasteiger partial charge in [0.15, 0.2) is 17.3 Å². The van der Waals surface area contributed by atoms with E-state index in [9.17, 15) is 9.18 Å². The van der Waals surface area contributed by atoms with Gasteiger partial charge in [0.1, 0.15) is 5.82 Å². The quantitative estimate of drug-likeness (QED) is 0.669. The maximum absolute atomic E-state index is 13.9. The summed E-state index contributed by atoms with van der Waals surface area (Å²) in [5, 5.41) is 0. The number of hydrogen-bond donors (Lipinski definition) is 0. The minimum Gasteiger partial charge on any atom is -0.490 e. The lowest BCUT2D eigenvalue weighted by molar-refractivity contribution is 0.0975. The van der Waals surface area contributed by atoms with Crippen molar-refractivity contribution in [3.05, 3.63) is 23.5 Å². The summed E-state index contributed by atoms with van der Waals surface area (Å²) in [6.07, 6.45) is 2.02. The lowest BCUT2D eigenvalue weighted by Gasteiger charge is -2.13. The predicted molar refractivity (Wildman–Crippen MR) is 72.6 cm³/mol. The molecule has 0 bridgehead atoms. The Morgan fingerprint density at radius 1 is 1.11 bits per heavy atom. The molecule has 0 unspecified atom stereocenters. The molecule has 1 aromatic carbocycles. The van der Waals surface area contributed by atoms with E-state index in [2.05, 4.69) is 0 Å². The van der Waals surface area contributed by atoms with Crippen molar-refractivity contribution >= 4 is 5.78 Å². The van der Waals surface area contributed by atoms with Crippen molar-refractivity contribution in [3.63, 3.8) is 0 Å². The summed E-state index contributed by atoms with van der Waals surface area (Å²) in [5.41, 5.74) is 0.0837. The van der Waals surface area contributed by atoms with Gasteiger partial charge < -0.3 is 9.47 Å². The Balaban J connectivity index is 3.05. The van der Waals surface area contributed by atoms with Gasteiger partial charge in [-0.2, -0.15) is 0 Å². The highest BCUT2D eigenvalue weighted by atomic mass is 19.1. The minimum absolute atomic E-state index is 0.0837. The van der Waals surface area contributed by atoms with Gasteiger partial charge in [-0.3, -0.25) is 4.79 Å². The lowest BCUT2D eigenvalue weighted by atomic mass is 10.0. The van der Waals surface area contributed by atoms with Gasteiger partial charge in [-0.1, -0.05) is 13.3 Å². The molecule has 0 saturated carbocycles. The van der Waals surface area contributed by atoms with Crippen LogP contribution in [-0.2, 0) is 0 Å². The summed E-state index contributed by atoms with van der Waals surface area (Å²) in [5.74, 6) is 0.0239. The highest BCUT2D eigenvalue weighted by Gasteiger charge is 2.17. The molecule has 106 valence electrons. The van der Waals surface area contributed by atoms with E-state index in [4.69, 9.17) is 9.47 Å². The van der Waals surface area contributed by atoms with Crippen LogP contribution in [0.3, 0.4) is 0 Å². The molecule has 0 N–H and O–H groups in total. The van der Waals surface area contributed by atoms with E-state index in [-0.39, 0.29) is 11.3 Å². The molecule has 0 spiro atoms. The van der Waals surface area contributed by atoms with Crippen LogP contribution in [0, 0.1) is 5.82 Å². The van der Waals surface area contributed by atoms with Crippen molar-refractivity contribution in [1.82, 2.24) is 0 Å². The highest BCUT2D eigenvalue weighted by Crippen LogP contribution is 2.31. The van der Waals surface area contributed by atoms with Gasteiger partial charge in [-0.25, -0.2) is 4.39 Å². The van der Waals surface area contributed by atoms with Crippen molar-refractivity contribution in [2.24, 2.45) is 0 Å². The maximum atomic E-state index is 13.9. The van der Waals surface area contributed by atoms with E-state index < -0.39 is 5.82 Å². The van der Waals surface area contributed by atoms with Gasteiger partial charge in [0.2, 0.25) is 0 Å². The zero-order valence-electron chi connectivity index (χ0n) is 11.8. The third kappa shape index (κ3) is 4.23. The van der Waals surface area contributed by atoms with Crippen LogP contribution in [0.4, 0.5) is 4.39 Å². The van der Waals surface area contributed by atoms with E-state index >= 15 is 0 Å². The summed E-state index contributed by atoms with van der Waals surface area (Å²) < 4.78 is 24.6. The van der Waals surface area contributed by atoms with E-state index in [1.165, 1.54) is 12.1 Å². The number of Topliss-reactive ketones (excluding diaryl/α,β-unsaturated/α-hetero) is 1. The molecule has 19 heavy (non-hydrogen) atoms. The Morgan fingerprint density at radius 3 is 2.21 bits per heavy atom. The zero-order chi connectivity index (χ0) is 14.3. The molecular formula is C15H21FO3. The second-order valence-electron chi connectivity index (χ2n) is 4.17. The number of unbranched alkanes of at least 4 members (excludes halogenated alkanes) is 1. The first-order chi connectivity index (χ1) is 9.13. The van der Waals surface area contributed by atoms with Crippen molar-refractivity contribution in [2.45, 2.75) is 40.0 Å². The van der Waals surface area contributed by atoms with Crippen molar-refractivity contribution in [2.75, 3.05) is 13.2 Å². The Labute approximate surface area is 113 Å².